The quantitative estimate of drug-likeness (QED) is 0.137. The Balaban J connectivity index is 0.946. The first kappa shape index (κ1) is 42.3. The fourth-order valence-electron chi connectivity index (χ4n) is 13.3. The van der Waals surface area contributed by atoms with Crippen LogP contribution < -0.4 is 25.6 Å². The van der Waals surface area contributed by atoms with Gasteiger partial charge >= 0.3 is 0 Å². The van der Waals surface area contributed by atoms with Crippen molar-refractivity contribution in [1.82, 2.24) is 0 Å². The summed E-state index contributed by atoms with van der Waals surface area (Å²) in [6, 6.07) is 103. The summed E-state index contributed by atoms with van der Waals surface area (Å²) in [7, 11) is -2.78. The van der Waals surface area contributed by atoms with E-state index < -0.39 is 8.07 Å². The van der Waals surface area contributed by atoms with E-state index in [9.17, 15) is 0 Å². The Bertz CT molecular complexity index is 3820. The van der Waals surface area contributed by atoms with Crippen LogP contribution in [0.15, 0.2) is 273 Å². The van der Waals surface area contributed by atoms with Gasteiger partial charge in [-0.05, 0) is 155 Å². The third-order valence-corrected chi connectivity index (χ3v) is 21.6. The highest BCUT2D eigenvalue weighted by molar-refractivity contribution is 7.22. The SMILES string of the molecule is CC1(c2cccc(N(c3ccc(-c4ccc5c(c4)C(C)(c4ccccc4)c4ccccc4-5)cc3)c3cccc([Si]4(c5ccccc5)c5ccccc5-c5ccccc54)c3)c2)c2ccccc2-c2ccccc21. The molecule has 1 aliphatic heterocycles. The number of anilines is 3. The molecule has 0 radical (unpaired) electrons. The molecular formula is C70H51NSi. The van der Waals surface area contributed by atoms with E-state index in [-0.39, 0.29) is 10.8 Å². The van der Waals surface area contributed by atoms with Crippen molar-refractivity contribution in [3.05, 3.63) is 306 Å². The number of benzene rings is 11. The Morgan fingerprint density at radius 3 is 1.31 bits per heavy atom. The maximum absolute atomic E-state index is 2.78. The summed E-state index contributed by atoms with van der Waals surface area (Å²) < 4.78 is 0. The molecule has 0 aromatic heterocycles. The van der Waals surface area contributed by atoms with Crippen molar-refractivity contribution in [3.63, 3.8) is 0 Å². The molecule has 0 bridgehead atoms. The minimum atomic E-state index is -2.78. The number of hydrogen-bond acceptors (Lipinski definition) is 1. The number of nitrogens with zero attached hydrogens (tertiary/aromatic N) is 1. The lowest BCUT2D eigenvalue weighted by atomic mass is 9.74. The van der Waals surface area contributed by atoms with E-state index in [1.165, 1.54) is 98.6 Å². The minimum Gasteiger partial charge on any atom is -0.310 e. The molecule has 2 heteroatoms. The highest BCUT2D eigenvalue weighted by Crippen LogP contribution is 2.55. The largest absolute Gasteiger partial charge is 0.310 e. The van der Waals surface area contributed by atoms with Crippen LogP contribution in [-0.4, -0.2) is 8.07 Å². The van der Waals surface area contributed by atoms with Gasteiger partial charge in [-0.3, -0.25) is 0 Å². The Morgan fingerprint density at radius 2 is 0.708 bits per heavy atom. The summed E-state index contributed by atoms with van der Waals surface area (Å²) in [6.07, 6.45) is 0. The molecule has 11 aromatic rings. The monoisotopic (exact) mass is 933 g/mol. The predicted octanol–water partition coefficient (Wildman–Crippen LogP) is 14.9. The molecule has 1 unspecified atom stereocenters. The molecule has 340 valence electrons. The second-order valence-electron chi connectivity index (χ2n) is 20.2. The molecular weight excluding hydrogens is 883 g/mol. The molecule has 0 N–H and O–H groups in total. The van der Waals surface area contributed by atoms with Crippen LogP contribution in [-0.2, 0) is 10.8 Å². The van der Waals surface area contributed by atoms with Gasteiger partial charge in [0.1, 0.15) is 0 Å². The maximum Gasteiger partial charge on any atom is 0.180 e. The van der Waals surface area contributed by atoms with Gasteiger partial charge in [-0.25, -0.2) is 0 Å². The molecule has 0 spiro atoms. The molecule has 3 aliphatic rings. The lowest BCUT2D eigenvalue weighted by Gasteiger charge is -2.34. The summed E-state index contributed by atoms with van der Waals surface area (Å²) in [5.74, 6) is 0. The molecule has 72 heavy (non-hydrogen) atoms. The molecule has 1 nitrogen and oxygen atoms in total. The third kappa shape index (κ3) is 6.00. The number of rotatable bonds is 8. The smallest absolute Gasteiger partial charge is 0.180 e. The normalized spacial score (nSPS) is 15.9. The standard InChI is InChI=1S/C70H51NSi/c1-69(50-21-5-3-6-22-50)63-34-14-11-31-59(63)60-44-41-49(45-66(60)69)48-39-42-52(43-40-48)71(53-24-19-23-51(46-53)70(2)64-35-15-9-29-57(64)58-30-10-16-36-65(58)70)54-25-20-28-56(47-54)72(55-26-7-4-8-27-55)67-37-17-12-32-61(67)62-33-13-18-38-68(62)72/h3-47H,1-2H3. The van der Waals surface area contributed by atoms with Crippen molar-refractivity contribution >= 4 is 45.9 Å². The lowest BCUT2D eigenvalue weighted by Crippen LogP contribution is -2.72. The van der Waals surface area contributed by atoms with Crippen molar-refractivity contribution in [2.75, 3.05) is 4.90 Å². The van der Waals surface area contributed by atoms with Gasteiger partial charge in [0.15, 0.2) is 8.07 Å². The van der Waals surface area contributed by atoms with E-state index in [1.807, 2.05) is 0 Å². The molecule has 0 fully saturated rings. The van der Waals surface area contributed by atoms with Crippen LogP contribution in [0.3, 0.4) is 0 Å². The van der Waals surface area contributed by atoms with Crippen molar-refractivity contribution in [3.8, 4) is 44.5 Å². The zero-order valence-corrected chi connectivity index (χ0v) is 41.4. The average molecular weight is 934 g/mol. The van der Waals surface area contributed by atoms with Crippen molar-refractivity contribution < 1.29 is 0 Å². The van der Waals surface area contributed by atoms with Crippen molar-refractivity contribution in [2.24, 2.45) is 0 Å². The van der Waals surface area contributed by atoms with Gasteiger partial charge in [-0.15, -0.1) is 0 Å². The van der Waals surface area contributed by atoms with Crippen LogP contribution in [0.4, 0.5) is 17.1 Å². The van der Waals surface area contributed by atoms with Gasteiger partial charge in [-0.1, -0.05) is 231 Å². The zero-order valence-electron chi connectivity index (χ0n) is 40.4. The number of fused-ring (bicyclic) bond motifs is 9. The summed E-state index contributed by atoms with van der Waals surface area (Å²) in [4.78, 5) is 2.50. The first-order valence-corrected chi connectivity index (χ1v) is 27.3. The van der Waals surface area contributed by atoms with Gasteiger partial charge in [0, 0.05) is 27.9 Å². The van der Waals surface area contributed by atoms with Gasteiger partial charge in [0.25, 0.3) is 0 Å². The van der Waals surface area contributed by atoms with E-state index in [0.717, 1.165) is 17.1 Å². The van der Waals surface area contributed by atoms with E-state index in [0.29, 0.717) is 0 Å². The van der Waals surface area contributed by atoms with Crippen LogP contribution in [0.5, 0.6) is 0 Å². The van der Waals surface area contributed by atoms with E-state index in [1.54, 1.807) is 0 Å². The van der Waals surface area contributed by atoms with Crippen LogP contribution in [0.2, 0.25) is 0 Å². The first-order chi connectivity index (χ1) is 35.5. The fraction of sp³-hybridized carbons (Fsp3) is 0.0571. The first-order valence-electron chi connectivity index (χ1n) is 25.3. The highest BCUT2D eigenvalue weighted by atomic mass is 28.3. The van der Waals surface area contributed by atoms with Gasteiger partial charge < -0.3 is 4.90 Å². The molecule has 11 aromatic carbocycles. The average Bonchev–Trinajstić information content (AvgIpc) is 4.01. The Labute approximate surface area is 424 Å². The molecule has 0 saturated carbocycles. The van der Waals surface area contributed by atoms with Gasteiger partial charge in [0.2, 0.25) is 0 Å². The molecule has 2 aliphatic carbocycles. The minimum absolute atomic E-state index is 0.270. The summed E-state index contributed by atoms with van der Waals surface area (Å²) in [6.45, 7) is 4.81. The molecule has 14 rings (SSSR count). The van der Waals surface area contributed by atoms with Crippen LogP contribution >= 0.6 is 0 Å². The van der Waals surface area contributed by atoms with Gasteiger partial charge in [-0.2, -0.15) is 0 Å². The Hall–Kier alpha value is -8.56. The van der Waals surface area contributed by atoms with Crippen molar-refractivity contribution in [1.29, 1.82) is 0 Å². The second kappa shape index (κ2) is 16.2. The van der Waals surface area contributed by atoms with E-state index in [4.69, 9.17) is 0 Å². The maximum atomic E-state index is 2.52. The van der Waals surface area contributed by atoms with Crippen LogP contribution in [0.1, 0.15) is 47.2 Å². The van der Waals surface area contributed by atoms with Gasteiger partial charge in [0.05, 0.1) is 0 Å². The fourth-order valence-corrected chi connectivity index (χ4v) is 18.5. The zero-order chi connectivity index (χ0) is 48.0. The highest BCUT2D eigenvalue weighted by Gasteiger charge is 2.49. The van der Waals surface area contributed by atoms with Crippen LogP contribution in [0, 0.1) is 0 Å². The second-order valence-corrected chi connectivity index (χ2v) is 23.9. The number of hydrogen-bond donors (Lipinski definition) is 0. The third-order valence-electron chi connectivity index (χ3n) is 16.7. The van der Waals surface area contributed by atoms with E-state index >= 15 is 0 Å². The molecule has 0 amide bonds. The Morgan fingerprint density at radius 1 is 0.278 bits per heavy atom. The summed E-state index contributed by atoms with van der Waals surface area (Å²) in [5, 5.41) is 5.65. The predicted molar refractivity (Wildman–Crippen MR) is 304 cm³/mol. The molecule has 1 atom stereocenters. The van der Waals surface area contributed by atoms with Crippen LogP contribution in [0.25, 0.3) is 44.5 Å². The van der Waals surface area contributed by atoms with E-state index in [2.05, 4.69) is 292 Å². The summed E-state index contributed by atoms with van der Waals surface area (Å²) >= 11 is 0. The Kier molecular flexibility index (Phi) is 9.55. The van der Waals surface area contributed by atoms with Crippen molar-refractivity contribution in [2.45, 2.75) is 24.7 Å². The summed E-state index contributed by atoms with van der Waals surface area (Å²) in [5.41, 5.74) is 21.1. The topological polar surface area (TPSA) is 3.24 Å². The molecule has 1 heterocycles. The molecule has 0 saturated heterocycles. The lowest BCUT2D eigenvalue weighted by molar-refractivity contribution is 0.714.